The Morgan fingerprint density at radius 3 is 2.11 bits per heavy atom. The fourth-order valence-electron chi connectivity index (χ4n) is 3.58. The van der Waals surface area contributed by atoms with Crippen molar-refractivity contribution in [3.05, 3.63) is 130 Å². The van der Waals surface area contributed by atoms with Crippen molar-refractivity contribution in [2.24, 2.45) is 5.10 Å². The molecule has 38 heavy (non-hydrogen) atoms. The Hall–Kier alpha value is -3.92. The van der Waals surface area contributed by atoms with Crippen LogP contribution >= 0.6 is 11.6 Å². The molecule has 1 aromatic heterocycles. The van der Waals surface area contributed by atoms with Crippen LogP contribution in [-0.4, -0.2) is 29.3 Å². The van der Waals surface area contributed by atoms with Gasteiger partial charge in [-0.05, 0) is 72.6 Å². The highest BCUT2D eigenvalue weighted by atomic mass is 35.5. The Kier molecular flexibility index (Phi) is 8.62. The normalized spacial score (nSPS) is 11.9. The lowest BCUT2D eigenvalue weighted by Gasteiger charge is -2.23. The number of nitrogens with one attached hydrogen (secondary N) is 1. The third-order valence-electron chi connectivity index (χ3n) is 5.70. The van der Waals surface area contributed by atoms with Gasteiger partial charge in [-0.3, -0.25) is 9.78 Å². The number of rotatable bonds is 9. The minimum absolute atomic E-state index is 0.0236. The van der Waals surface area contributed by atoms with Crippen LogP contribution in [0.15, 0.2) is 107 Å². The molecule has 0 aliphatic heterocycles. The summed E-state index contributed by atoms with van der Waals surface area (Å²) in [4.78, 5) is 16.7. The van der Waals surface area contributed by atoms with Crippen molar-refractivity contribution in [1.29, 1.82) is 0 Å². The van der Waals surface area contributed by atoms with Gasteiger partial charge >= 0.3 is 0 Å². The molecule has 0 saturated carbocycles. The van der Waals surface area contributed by atoms with Crippen LogP contribution in [0.3, 0.4) is 0 Å². The van der Waals surface area contributed by atoms with E-state index in [-0.39, 0.29) is 18.0 Å². The fraction of sp³-hybridized carbons (Fsp3) is 0.107. The number of sulfonamides is 1. The molecule has 4 aromatic rings. The largest absolute Gasteiger partial charge is 0.271 e. The number of hydrogen-bond acceptors (Lipinski definition) is 5. The molecule has 0 unspecified atom stereocenters. The van der Waals surface area contributed by atoms with E-state index in [1.165, 1.54) is 40.7 Å². The molecule has 0 bridgehead atoms. The van der Waals surface area contributed by atoms with E-state index in [1.54, 1.807) is 61.8 Å². The van der Waals surface area contributed by atoms with Crippen molar-refractivity contribution in [3.8, 4) is 0 Å². The summed E-state index contributed by atoms with van der Waals surface area (Å²) in [6.07, 6.45) is 3.30. The smallest absolute Gasteiger partial charge is 0.267 e. The molecule has 0 fully saturated rings. The van der Waals surface area contributed by atoms with Gasteiger partial charge in [-0.2, -0.15) is 9.41 Å². The van der Waals surface area contributed by atoms with Crippen molar-refractivity contribution >= 4 is 33.2 Å². The van der Waals surface area contributed by atoms with Gasteiger partial charge in [-0.1, -0.05) is 41.9 Å². The van der Waals surface area contributed by atoms with Gasteiger partial charge < -0.3 is 0 Å². The number of hydrazone groups is 1. The van der Waals surface area contributed by atoms with Gasteiger partial charge in [0.05, 0.1) is 10.6 Å². The molecular formula is C28H24ClFN4O3S. The number of carbonyl (C=O) groups is 1. The maximum Gasteiger partial charge on any atom is 0.271 e. The molecule has 0 spiro atoms. The molecule has 0 aliphatic rings. The molecule has 0 radical (unpaired) electrons. The van der Waals surface area contributed by atoms with E-state index >= 15 is 0 Å². The Balaban J connectivity index is 1.52. The lowest BCUT2D eigenvalue weighted by molar-refractivity contribution is 0.0954. The van der Waals surface area contributed by atoms with Crippen molar-refractivity contribution in [2.75, 3.05) is 0 Å². The Labute approximate surface area is 225 Å². The molecule has 7 nitrogen and oxygen atoms in total. The Morgan fingerprint density at radius 1 is 0.921 bits per heavy atom. The minimum Gasteiger partial charge on any atom is -0.267 e. The average molecular weight is 551 g/mol. The average Bonchev–Trinajstić information content (AvgIpc) is 2.93. The molecule has 3 aromatic carbocycles. The highest BCUT2D eigenvalue weighted by Crippen LogP contribution is 2.23. The summed E-state index contributed by atoms with van der Waals surface area (Å²) in [5.41, 5.74) is 5.56. The van der Waals surface area contributed by atoms with Crippen molar-refractivity contribution in [3.63, 3.8) is 0 Å². The predicted molar refractivity (Wildman–Crippen MR) is 145 cm³/mol. The number of hydrogen-bond donors (Lipinski definition) is 1. The third kappa shape index (κ3) is 6.89. The zero-order valence-electron chi connectivity index (χ0n) is 20.4. The summed E-state index contributed by atoms with van der Waals surface area (Å²) in [6.45, 7) is 1.82. The van der Waals surface area contributed by atoms with Crippen LogP contribution in [0.1, 0.15) is 34.0 Å². The van der Waals surface area contributed by atoms with E-state index in [1.807, 2.05) is 6.07 Å². The van der Waals surface area contributed by atoms with Crippen LogP contribution in [0.4, 0.5) is 4.39 Å². The first kappa shape index (κ1) is 27.1. The third-order valence-corrected chi connectivity index (χ3v) is 7.76. The molecule has 0 aliphatic carbocycles. The van der Waals surface area contributed by atoms with Gasteiger partial charge in [-0.15, -0.1) is 0 Å². The van der Waals surface area contributed by atoms with Crippen LogP contribution < -0.4 is 5.43 Å². The highest BCUT2D eigenvalue weighted by Gasteiger charge is 2.25. The Bertz CT molecular complexity index is 1530. The standard InChI is InChI=1S/C28H24ClFN4O3S/c1-20(24-3-2-16-31-17-24)32-33-28(35)23-8-4-21(5-9-23)18-34(19-22-6-12-26(30)13-7-22)38(36,37)27-14-10-25(29)11-15-27/h2-17H,18-19H2,1H3,(H,33,35)/b32-20+. The number of carbonyl (C=O) groups excluding carboxylic acids is 1. The van der Waals surface area contributed by atoms with E-state index < -0.39 is 21.7 Å². The summed E-state index contributed by atoms with van der Waals surface area (Å²) in [5.74, 6) is -0.813. The molecule has 0 atom stereocenters. The quantitative estimate of drug-likeness (QED) is 0.222. The summed E-state index contributed by atoms with van der Waals surface area (Å²) in [7, 11) is -3.92. The van der Waals surface area contributed by atoms with Gasteiger partial charge in [-0.25, -0.2) is 18.2 Å². The van der Waals surface area contributed by atoms with Gasteiger partial charge in [0.1, 0.15) is 5.82 Å². The zero-order chi connectivity index (χ0) is 27.1. The first-order valence-corrected chi connectivity index (χ1v) is 13.4. The first-order valence-electron chi connectivity index (χ1n) is 11.6. The van der Waals surface area contributed by atoms with Crippen LogP contribution in [-0.2, 0) is 23.1 Å². The van der Waals surface area contributed by atoms with Gasteiger partial charge in [0.15, 0.2) is 0 Å². The molecule has 194 valence electrons. The first-order chi connectivity index (χ1) is 18.2. The van der Waals surface area contributed by atoms with Gasteiger partial charge in [0, 0.05) is 41.6 Å². The number of benzene rings is 3. The zero-order valence-corrected chi connectivity index (χ0v) is 22.0. The topological polar surface area (TPSA) is 91.7 Å². The van der Waals surface area contributed by atoms with E-state index in [4.69, 9.17) is 11.6 Å². The second-order valence-electron chi connectivity index (χ2n) is 8.43. The molecular weight excluding hydrogens is 527 g/mol. The molecule has 0 saturated heterocycles. The number of aromatic nitrogens is 1. The lowest BCUT2D eigenvalue weighted by atomic mass is 10.1. The van der Waals surface area contributed by atoms with E-state index in [0.717, 1.165) is 5.56 Å². The SMILES string of the molecule is C/C(=N\NC(=O)c1ccc(CN(Cc2ccc(F)cc2)S(=O)(=O)c2ccc(Cl)cc2)cc1)c1cccnc1. The second kappa shape index (κ2) is 12.1. The van der Waals surface area contributed by atoms with E-state index in [9.17, 15) is 17.6 Å². The summed E-state index contributed by atoms with van der Waals surface area (Å²) < 4.78 is 41.7. The van der Waals surface area contributed by atoms with Gasteiger partial charge in [0.25, 0.3) is 5.91 Å². The maximum atomic E-state index is 13.5. The van der Waals surface area contributed by atoms with Crippen LogP contribution in [0.5, 0.6) is 0 Å². The Morgan fingerprint density at radius 2 is 1.53 bits per heavy atom. The second-order valence-corrected chi connectivity index (χ2v) is 10.8. The number of halogens is 2. The monoisotopic (exact) mass is 550 g/mol. The molecule has 10 heteroatoms. The van der Waals surface area contributed by atoms with E-state index in [0.29, 0.717) is 27.4 Å². The summed E-state index contributed by atoms with van der Waals surface area (Å²) >= 11 is 5.94. The summed E-state index contributed by atoms with van der Waals surface area (Å²) in [5, 5.41) is 4.54. The van der Waals surface area contributed by atoms with Crippen molar-refractivity contribution in [2.45, 2.75) is 24.9 Å². The fourth-order valence-corrected chi connectivity index (χ4v) is 5.12. The van der Waals surface area contributed by atoms with Crippen LogP contribution in [0.25, 0.3) is 0 Å². The predicted octanol–water partition coefficient (Wildman–Crippen LogP) is 5.42. The molecule has 4 rings (SSSR count). The van der Waals surface area contributed by atoms with Crippen LogP contribution in [0.2, 0.25) is 5.02 Å². The van der Waals surface area contributed by atoms with Crippen molar-refractivity contribution in [1.82, 2.24) is 14.7 Å². The molecule has 1 heterocycles. The number of pyridine rings is 1. The summed E-state index contributed by atoms with van der Waals surface area (Å²) in [6, 6.07) is 21.7. The molecule has 1 N–H and O–H groups in total. The number of nitrogens with zero attached hydrogens (tertiary/aromatic N) is 3. The van der Waals surface area contributed by atoms with Crippen LogP contribution in [0, 0.1) is 5.82 Å². The highest BCUT2D eigenvalue weighted by molar-refractivity contribution is 7.89. The molecule has 1 amide bonds. The lowest BCUT2D eigenvalue weighted by Crippen LogP contribution is -2.30. The van der Waals surface area contributed by atoms with Gasteiger partial charge in [0.2, 0.25) is 10.0 Å². The number of amides is 1. The van der Waals surface area contributed by atoms with Crippen molar-refractivity contribution < 1.29 is 17.6 Å². The van der Waals surface area contributed by atoms with E-state index in [2.05, 4.69) is 15.5 Å². The maximum absolute atomic E-state index is 13.5. The minimum atomic E-state index is -3.92.